The Hall–Kier alpha value is 0.270. The summed E-state index contributed by atoms with van der Waals surface area (Å²) in [5.74, 6) is 2.07. The van der Waals surface area contributed by atoms with Crippen LogP contribution in [0.15, 0.2) is 0 Å². The van der Waals surface area contributed by atoms with Crippen molar-refractivity contribution >= 4 is 11.8 Å². The van der Waals surface area contributed by atoms with Crippen molar-refractivity contribution in [3.05, 3.63) is 0 Å². The Morgan fingerprint density at radius 2 is 2.12 bits per heavy atom. The molecule has 2 nitrogen and oxygen atoms in total. The summed E-state index contributed by atoms with van der Waals surface area (Å²) in [5, 5.41) is 4.41. The highest BCUT2D eigenvalue weighted by molar-refractivity contribution is 7.99. The molecule has 0 aromatic carbocycles. The SMILES string of the molecule is CCC(CNCC(C)C)N1CCSC(C)C1. The van der Waals surface area contributed by atoms with Gasteiger partial charge in [0.25, 0.3) is 0 Å². The summed E-state index contributed by atoms with van der Waals surface area (Å²) in [6.45, 7) is 14.1. The highest BCUT2D eigenvalue weighted by Crippen LogP contribution is 2.20. The lowest BCUT2D eigenvalue weighted by molar-refractivity contribution is 0.193. The molecule has 0 bridgehead atoms. The number of hydrogen-bond acceptors (Lipinski definition) is 3. The van der Waals surface area contributed by atoms with Crippen molar-refractivity contribution < 1.29 is 0 Å². The van der Waals surface area contributed by atoms with E-state index in [2.05, 4.69) is 49.7 Å². The van der Waals surface area contributed by atoms with E-state index in [1.807, 2.05) is 0 Å². The Labute approximate surface area is 106 Å². The molecule has 96 valence electrons. The minimum absolute atomic E-state index is 0.738. The molecule has 0 saturated carbocycles. The normalized spacial score (nSPS) is 24.9. The molecular formula is C13H28N2S. The van der Waals surface area contributed by atoms with Crippen LogP contribution in [0, 0.1) is 5.92 Å². The van der Waals surface area contributed by atoms with Crippen molar-refractivity contribution in [1.29, 1.82) is 0 Å². The van der Waals surface area contributed by atoms with Crippen LogP contribution in [0.4, 0.5) is 0 Å². The molecule has 2 unspecified atom stereocenters. The van der Waals surface area contributed by atoms with Gasteiger partial charge in [-0.2, -0.15) is 11.8 Å². The monoisotopic (exact) mass is 244 g/mol. The molecule has 0 aromatic rings. The second kappa shape index (κ2) is 7.57. The Balaban J connectivity index is 2.28. The number of thioether (sulfide) groups is 1. The summed E-state index contributed by atoms with van der Waals surface area (Å²) in [7, 11) is 0. The first-order valence-corrected chi connectivity index (χ1v) is 7.74. The summed E-state index contributed by atoms with van der Waals surface area (Å²) in [5.41, 5.74) is 0. The molecule has 3 heteroatoms. The Morgan fingerprint density at radius 3 is 2.69 bits per heavy atom. The number of rotatable bonds is 6. The predicted octanol–water partition coefficient (Wildman–Crippen LogP) is 2.45. The van der Waals surface area contributed by atoms with Crippen LogP contribution in [-0.4, -0.2) is 48.1 Å². The maximum Gasteiger partial charge on any atom is 0.0218 e. The van der Waals surface area contributed by atoms with Gasteiger partial charge in [-0.3, -0.25) is 4.90 Å². The third-order valence-electron chi connectivity index (χ3n) is 3.19. The summed E-state index contributed by atoms with van der Waals surface area (Å²) in [4.78, 5) is 2.68. The zero-order valence-electron chi connectivity index (χ0n) is 11.3. The molecule has 16 heavy (non-hydrogen) atoms. The van der Waals surface area contributed by atoms with Gasteiger partial charge in [0.15, 0.2) is 0 Å². The van der Waals surface area contributed by atoms with Gasteiger partial charge >= 0.3 is 0 Å². The van der Waals surface area contributed by atoms with Crippen molar-refractivity contribution in [2.24, 2.45) is 5.92 Å². The van der Waals surface area contributed by atoms with Crippen LogP contribution >= 0.6 is 11.8 Å². The molecule has 1 aliphatic rings. The molecule has 1 N–H and O–H groups in total. The van der Waals surface area contributed by atoms with Crippen molar-refractivity contribution in [3.63, 3.8) is 0 Å². The molecule has 1 rings (SSSR count). The van der Waals surface area contributed by atoms with Gasteiger partial charge in [0, 0.05) is 36.7 Å². The Kier molecular flexibility index (Phi) is 6.78. The highest BCUT2D eigenvalue weighted by Gasteiger charge is 2.22. The lowest BCUT2D eigenvalue weighted by atomic mass is 10.1. The van der Waals surface area contributed by atoms with E-state index in [9.17, 15) is 0 Å². The first kappa shape index (κ1) is 14.3. The van der Waals surface area contributed by atoms with Gasteiger partial charge in [0.1, 0.15) is 0 Å². The predicted molar refractivity (Wildman–Crippen MR) is 75.3 cm³/mol. The maximum atomic E-state index is 3.60. The zero-order chi connectivity index (χ0) is 12.0. The van der Waals surface area contributed by atoms with Crippen LogP contribution in [0.3, 0.4) is 0 Å². The van der Waals surface area contributed by atoms with Gasteiger partial charge in [-0.25, -0.2) is 0 Å². The van der Waals surface area contributed by atoms with E-state index < -0.39 is 0 Å². The van der Waals surface area contributed by atoms with E-state index in [0.717, 1.165) is 30.3 Å². The fraction of sp³-hybridized carbons (Fsp3) is 1.00. The maximum absolute atomic E-state index is 3.60. The van der Waals surface area contributed by atoms with Gasteiger partial charge in [0.2, 0.25) is 0 Å². The summed E-state index contributed by atoms with van der Waals surface area (Å²) in [6, 6.07) is 0.738. The Morgan fingerprint density at radius 1 is 1.38 bits per heavy atom. The first-order chi connectivity index (χ1) is 7.63. The smallest absolute Gasteiger partial charge is 0.0218 e. The second-order valence-electron chi connectivity index (χ2n) is 5.29. The quantitative estimate of drug-likeness (QED) is 0.772. The largest absolute Gasteiger partial charge is 0.315 e. The van der Waals surface area contributed by atoms with Crippen molar-refractivity contribution in [1.82, 2.24) is 10.2 Å². The second-order valence-corrected chi connectivity index (χ2v) is 6.84. The van der Waals surface area contributed by atoms with Crippen LogP contribution < -0.4 is 5.32 Å². The summed E-state index contributed by atoms with van der Waals surface area (Å²) in [6.07, 6.45) is 1.27. The fourth-order valence-electron chi connectivity index (χ4n) is 2.25. The van der Waals surface area contributed by atoms with Crippen LogP contribution in [0.5, 0.6) is 0 Å². The standard InChI is InChI=1S/C13H28N2S/c1-5-13(9-14-8-11(2)3)15-6-7-16-12(4)10-15/h11-14H,5-10H2,1-4H3. The Bertz CT molecular complexity index is 185. The molecule has 0 radical (unpaired) electrons. The molecular weight excluding hydrogens is 216 g/mol. The highest BCUT2D eigenvalue weighted by atomic mass is 32.2. The molecule has 1 fully saturated rings. The number of nitrogens with zero attached hydrogens (tertiary/aromatic N) is 1. The lowest BCUT2D eigenvalue weighted by Crippen LogP contribution is -2.48. The summed E-state index contributed by atoms with van der Waals surface area (Å²) < 4.78 is 0. The molecule has 2 atom stereocenters. The van der Waals surface area contributed by atoms with Gasteiger partial charge in [0.05, 0.1) is 0 Å². The number of nitrogens with one attached hydrogen (secondary N) is 1. The van der Waals surface area contributed by atoms with Crippen molar-refractivity contribution in [2.75, 3.05) is 31.9 Å². The average molecular weight is 244 g/mol. The van der Waals surface area contributed by atoms with E-state index in [1.54, 1.807) is 0 Å². The van der Waals surface area contributed by atoms with E-state index in [-0.39, 0.29) is 0 Å². The van der Waals surface area contributed by atoms with E-state index in [1.165, 1.54) is 25.3 Å². The molecule has 0 spiro atoms. The topological polar surface area (TPSA) is 15.3 Å². The zero-order valence-corrected chi connectivity index (χ0v) is 12.1. The van der Waals surface area contributed by atoms with Gasteiger partial charge < -0.3 is 5.32 Å². The minimum atomic E-state index is 0.738. The van der Waals surface area contributed by atoms with Crippen LogP contribution in [0.25, 0.3) is 0 Å². The molecule has 0 aromatic heterocycles. The summed E-state index contributed by atoms with van der Waals surface area (Å²) >= 11 is 2.12. The molecule has 0 aliphatic carbocycles. The lowest BCUT2D eigenvalue weighted by Gasteiger charge is -2.36. The van der Waals surface area contributed by atoms with Gasteiger partial charge in [-0.15, -0.1) is 0 Å². The van der Waals surface area contributed by atoms with Crippen molar-refractivity contribution in [2.45, 2.75) is 45.4 Å². The van der Waals surface area contributed by atoms with Crippen molar-refractivity contribution in [3.8, 4) is 0 Å². The first-order valence-electron chi connectivity index (χ1n) is 6.69. The van der Waals surface area contributed by atoms with E-state index in [0.29, 0.717) is 0 Å². The average Bonchev–Trinajstić information content (AvgIpc) is 2.24. The number of hydrogen-bond donors (Lipinski definition) is 1. The third-order valence-corrected chi connectivity index (χ3v) is 4.33. The molecule has 1 heterocycles. The fourth-order valence-corrected chi connectivity index (χ4v) is 3.29. The van der Waals surface area contributed by atoms with Crippen LogP contribution in [0.1, 0.15) is 34.1 Å². The minimum Gasteiger partial charge on any atom is -0.315 e. The molecule has 1 aliphatic heterocycles. The van der Waals surface area contributed by atoms with Gasteiger partial charge in [-0.05, 0) is 18.9 Å². The molecule has 0 amide bonds. The van der Waals surface area contributed by atoms with E-state index in [4.69, 9.17) is 0 Å². The van der Waals surface area contributed by atoms with Gasteiger partial charge in [-0.1, -0.05) is 27.7 Å². The van der Waals surface area contributed by atoms with E-state index >= 15 is 0 Å². The third kappa shape index (κ3) is 5.07. The van der Waals surface area contributed by atoms with Crippen LogP contribution in [0.2, 0.25) is 0 Å². The molecule has 1 saturated heterocycles. The van der Waals surface area contributed by atoms with Crippen LogP contribution in [-0.2, 0) is 0 Å².